The van der Waals surface area contributed by atoms with Crippen molar-refractivity contribution in [3.05, 3.63) is 53.1 Å². The lowest BCUT2D eigenvalue weighted by atomic mass is 10.0. The summed E-state index contributed by atoms with van der Waals surface area (Å²) in [4.78, 5) is 28.0. The van der Waals surface area contributed by atoms with Crippen LogP contribution in [-0.4, -0.2) is 46.0 Å². The monoisotopic (exact) mass is 512 g/mol. The number of para-hydroxylation sites is 1. The Labute approximate surface area is 202 Å². The number of hydrogen-bond donors (Lipinski definition) is 2. The van der Waals surface area contributed by atoms with Crippen molar-refractivity contribution < 1.29 is 32.3 Å². The van der Waals surface area contributed by atoms with Crippen LogP contribution in [0.1, 0.15) is 40.3 Å². The molecule has 1 fully saturated rings. The van der Waals surface area contributed by atoms with Gasteiger partial charge in [0, 0.05) is 12.6 Å². The lowest BCUT2D eigenvalue weighted by molar-refractivity contribution is -0.149. The van der Waals surface area contributed by atoms with Crippen LogP contribution in [0.5, 0.6) is 5.75 Å². The average Bonchev–Trinajstić information content (AvgIpc) is 3.06. The van der Waals surface area contributed by atoms with E-state index in [1.165, 1.54) is 26.1 Å². The Kier molecular flexibility index (Phi) is 8.32. The van der Waals surface area contributed by atoms with E-state index in [-0.39, 0.29) is 30.7 Å². The maximum absolute atomic E-state index is 15.3. The number of carbonyl (C=O) groups is 1. The molecule has 2 aromatic rings. The SMILES string of the molecule is CC(C)OC(=O)[C@H](C)NP(=O)(OC[C@@H]1C[C@@](C)(F)[C@H](n2ccc(N)nc2=O)O1)Oc1ccccc1. The molecule has 192 valence electrons. The lowest BCUT2D eigenvalue weighted by Crippen LogP contribution is -2.36. The molecule has 1 aromatic carbocycles. The number of halogens is 1. The summed E-state index contributed by atoms with van der Waals surface area (Å²) in [5.74, 6) is -0.420. The number of aromatic nitrogens is 2. The highest BCUT2D eigenvalue weighted by Crippen LogP contribution is 2.47. The van der Waals surface area contributed by atoms with Crippen LogP contribution in [0.2, 0.25) is 0 Å². The van der Waals surface area contributed by atoms with Gasteiger partial charge >= 0.3 is 19.4 Å². The summed E-state index contributed by atoms with van der Waals surface area (Å²) in [6.07, 6.45) is -1.42. The number of ether oxygens (including phenoxy) is 2. The van der Waals surface area contributed by atoms with Crippen molar-refractivity contribution in [3.63, 3.8) is 0 Å². The first-order valence-corrected chi connectivity index (χ1v) is 12.6. The van der Waals surface area contributed by atoms with Gasteiger partial charge in [0.2, 0.25) is 0 Å². The first kappa shape index (κ1) is 26.8. The predicted molar refractivity (Wildman–Crippen MR) is 125 cm³/mol. The second-order valence-corrected chi connectivity index (χ2v) is 10.4. The molecular weight excluding hydrogens is 482 g/mol. The maximum Gasteiger partial charge on any atom is 0.459 e. The molecule has 2 heterocycles. The molecule has 0 amide bonds. The number of benzene rings is 1. The Morgan fingerprint density at radius 2 is 2.03 bits per heavy atom. The zero-order valence-electron chi connectivity index (χ0n) is 19.9. The second-order valence-electron chi connectivity index (χ2n) is 8.67. The molecule has 0 aliphatic carbocycles. The highest BCUT2D eigenvalue weighted by molar-refractivity contribution is 7.52. The minimum Gasteiger partial charge on any atom is -0.462 e. The first-order valence-electron chi connectivity index (χ1n) is 11.0. The van der Waals surface area contributed by atoms with Crippen LogP contribution in [-0.2, 0) is 23.4 Å². The van der Waals surface area contributed by atoms with Gasteiger partial charge in [0.25, 0.3) is 0 Å². The Morgan fingerprint density at radius 3 is 2.66 bits per heavy atom. The number of rotatable bonds is 10. The normalized spacial score (nSPS) is 24.6. The number of nitrogens with two attached hydrogens (primary N) is 1. The molecule has 3 rings (SSSR count). The van der Waals surface area contributed by atoms with Gasteiger partial charge in [-0.25, -0.2) is 13.8 Å². The fraction of sp³-hybridized carbons (Fsp3) is 0.500. The summed E-state index contributed by atoms with van der Waals surface area (Å²) in [7, 11) is -4.15. The number of nitrogen functional groups attached to an aromatic ring is 1. The van der Waals surface area contributed by atoms with Crippen LogP contribution in [0.3, 0.4) is 0 Å². The third-order valence-corrected chi connectivity index (χ3v) is 6.67. The average molecular weight is 512 g/mol. The summed E-state index contributed by atoms with van der Waals surface area (Å²) in [6, 6.07) is 8.55. The van der Waals surface area contributed by atoms with Gasteiger partial charge in [-0.1, -0.05) is 18.2 Å². The molecule has 11 nitrogen and oxygen atoms in total. The van der Waals surface area contributed by atoms with E-state index >= 15 is 4.39 Å². The van der Waals surface area contributed by atoms with Gasteiger partial charge in [-0.15, -0.1) is 0 Å². The molecule has 1 aromatic heterocycles. The lowest BCUT2D eigenvalue weighted by Gasteiger charge is -2.24. The van der Waals surface area contributed by atoms with Gasteiger partial charge in [-0.3, -0.25) is 13.9 Å². The third-order valence-electron chi connectivity index (χ3n) is 5.02. The summed E-state index contributed by atoms with van der Waals surface area (Å²) in [5, 5.41) is 2.56. The molecule has 0 saturated carbocycles. The van der Waals surface area contributed by atoms with Crippen molar-refractivity contribution in [1.82, 2.24) is 14.6 Å². The molecule has 0 radical (unpaired) electrons. The topological polar surface area (TPSA) is 144 Å². The molecule has 1 aliphatic rings. The molecule has 13 heteroatoms. The fourth-order valence-electron chi connectivity index (χ4n) is 3.49. The van der Waals surface area contributed by atoms with Crippen molar-refractivity contribution in [1.29, 1.82) is 0 Å². The van der Waals surface area contributed by atoms with Gasteiger partial charge in [-0.2, -0.15) is 10.1 Å². The molecule has 1 unspecified atom stereocenters. The van der Waals surface area contributed by atoms with Crippen LogP contribution in [0.15, 0.2) is 47.4 Å². The van der Waals surface area contributed by atoms with E-state index in [0.717, 1.165) is 4.57 Å². The van der Waals surface area contributed by atoms with E-state index in [4.69, 9.17) is 24.3 Å². The molecule has 1 aliphatic heterocycles. The Bertz CT molecular complexity index is 1130. The summed E-state index contributed by atoms with van der Waals surface area (Å²) >= 11 is 0. The van der Waals surface area contributed by atoms with E-state index in [2.05, 4.69) is 10.1 Å². The number of anilines is 1. The molecular formula is C22H30FN4O7P. The molecule has 5 atom stereocenters. The Balaban J connectivity index is 1.74. The van der Waals surface area contributed by atoms with E-state index < -0.39 is 43.4 Å². The standard InChI is InChI=1S/C22H30FN4O7P/c1-14(2)32-19(28)15(3)26-35(30,34-16-8-6-5-7-9-16)31-13-17-12-22(4,23)20(33-17)27-11-10-18(24)25-21(27)29/h5-11,14-15,17,20H,12-13H2,1-4H3,(H,26,30)(H2,24,25,29)/t15-,17-,20+,22+,35?/m0/s1. The number of carbonyl (C=O) groups excluding carboxylic acids is 1. The van der Waals surface area contributed by atoms with Gasteiger partial charge in [0.05, 0.1) is 18.8 Å². The molecule has 3 N–H and O–H groups in total. The van der Waals surface area contributed by atoms with Gasteiger partial charge < -0.3 is 19.7 Å². The Morgan fingerprint density at radius 1 is 1.34 bits per heavy atom. The van der Waals surface area contributed by atoms with Crippen molar-refractivity contribution in [2.75, 3.05) is 12.3 Å². The number of hydrogen-bond acceptors (Lipinski definition) is 9. The zero-order chi connectivity index (χ0) is 25.8. The van der Waals surface area contributed by atoms with E-state index in [1.807, 2.05) is 0 Å². The van der Waals surface area contributed by atoms with Gasteiger partial charge in [0.1, 0.15) is 17.6 Å². The van der Waals surface area contributed by atoms with Gasteiger partial charge in [-0.05, 0) is 45.9 Å². The highest BCUT2D eigenvalue weighted by Gasteiger charge is 2.48. The van der Waals surface area contributed by atoms with E-state index in [1.54, 1.807) is 44.2 Å². The van der Waals surface area contributed by atoms with Crippen LogP contribution in [0, 0.1) is 0 Å². The van der Waals surface area contributed by atoms with E-state index in [0.29, 0.717) is 0 Å². The minimum atomic E-state index is -4.15. The van der Waals surface area contributed by atoms with E-state index in [9.17, 15) is 14.2 Å². The smallest absolute Gasteiger partial charge is 0.459 e. The van der Waals surface area contributed by atoms with Crippen molar-refractivity contribution >= 4 is 19.5 Å². The second kappa shape index (κ2) is 10.9. The van der Waals surface area contributed by atoms with Crippen LogP contribution in [0.25, 0.3) is 0 Å². The molecule has 1 saturated heterocycles. The van der Waals surface area contributed by atoms with Crippen molar-refractivity contribution in [2.45, 2.75) is 64.3 Å². The van der Waals surface area contributed by atoms with Crippen molar-refractivity contribution in [3.8, 4) is 5.75 Å². The Hall–Kier alpha value is -2.79. The molecule has 0 bridgehead atoms. The summed E-state index contributed by atoms with van der Waals surface area (Å²) in [5.41, 5.74) is 2.78. The molecule has 0 spiro atoms. The largest absolute Gasteiger partial charge is 0.462 e. The quantitative estimate of drug-likeness (QED) is 0.360. The highest BCUT2D eigenvalue weighted by atomic mass is 31.2. The fourth-order valence-corrected chi connectivity index (χ4v) is 5.01. The minimum absolute atomic E-state index is 0.000113. The predicted octanol–water partition coefficient (Wildman–Crippen LogP) is 2.97. The van der Waals surface area contributed by atoms with Crippen molar-refractivity contribution in [2.24, 2.45) is 0 Å². The van der Waals surface area contributed by atoms with Gasteiger partial charge in [0.15, 0.2) is 11.9 Å². The number of nitrogens with zero attached hydrogens (tertiary/aromatic N) is 2. The first-order chi connectivity index (χ1) is 16.4. The number of alkyl halides is 1. The molecule has 35 heavy (non-hydrogen) atoms. The number of nitrogens with one attached hydrogen (secondary N) is 1. The third kappa shape index (κ3) is 7.11. The summed E-state index contributed by atoms with van der Waals surface area (Å²) < 4.78 is 51.9. The summed E-state index contributed by atoms with van der Waals surface area (Å²) in [6.45, 7) is 5.76. The van der Waals surface area contributed by atoms with Crippen LogP contribution < -0.4 is 21.0 Å². The maximum atomic E-state index is 15.3. The zero-order valence-corrected chi connectivity index (χ0v) is 20.8. The number of esters is 1. The van der Waals surface area contributed by atoms with Crippen LogP contribution >= 0.6 is 7.75 Å². The van der Waals surface area contributed by atoms with Crippen LogP contribution in [0.4, 0.5) is 10.2 Å².